The summed E-state index contributed by atoms with van der Waals surface area (Å²) in [5.41, 5.74) is 5.18. The van der Waals surface area contributed by atoms with Crippen LogP contribution in [0.25, 0.3) is 0 Å². The van der Waals surface area contributed by atoms with E-state index in [0.717, 1.165) is 0 Å². The van der Waals surface area contributed by atoms with Crippen LogP contribution in [0.5, 0.6) is 0 Å². The summed E-state index contributed by atoms with van der Waals surface area (Å²) in [6.07, 6.45) is 0.817. The molecule has 0 radical (unpaired) electrons. The van der Waals surface area contributed by atoms with Crippen molar-refractivity contribution in [2.75, 3.05) is 6.54 Å². The molecule has 0 aliphatic rings. The number of carbonyl (C=O) groups is 1. The van der Waals surface area contributed by atoms with Crippen molar-refractivity contribution in [2.24, 2.45) is 5.73 Å². The Labute approximate surface area is 86.5 Å². The minimum Gasteiger partial charge on any atom is -0.480 e. The third kappa shape index (κ3) is 5.22. The fraction of sp³-hybridized carbons (Fsp3) is 0.833. The zero-order chi connectivity index (χ0) is 12.1. The van der Waals surface area contributed by atoms with Crippen LogP contribution in [0.3, 0.4) is 0 Å². The van der Waals surface area contributed by atoms with Crippen molar-refractivity contribution in [1.29, 1.82) is 0 Å². The minimum atomic E-state index is -4.94. The number of aliphatic carboxylic acids is 1. The summed E-state index contributed by atoms with van der Waals surface area (Å²) >= 11 is 0. The van der Waals surface area contributed by atoms with E-state index in [1.54, 1.807) is 0 Å². The molecule has 1 unspecified atom stereocenters. The van der Waals surface area contributed by atoms with E-state index in [1.165, 1.54) is 0 Å². The molecule has 0 aliphatic carbocycles. The smallest absolute Gasteiger partial charge is 0.426 e. The second kappa shape index (κ2) is 6.16. The Morgan fingerprint density at radius 2 is 1.93 bits per heavy atom. The zero-order valence-corrected chi connectivity index (χ0v) is 8.88. The van der Waals surface area contributed by atoms with Crippen LogP contribution in [-0.4, -0.2) is 43.5 Å². The van der Waals surface area contributed by atoms with Gasteiger partial charge in [-0.15, -0.1) is 0 Å². The van der Waals surface area contributed by atoms with Crippen LogP contribution in [0.4, 0.5) is 0 Å². The second-order valence-electron chi connectivity index (χ2n) is 2.97. The van der Waals surface area contributed by atoms with Crippen molar-refractivity contribution in [3.05, 3.63) is 0 Å². The molecule has 0 heterocycles. The number of nitrogens with zero attached hydrogens (tertiary/aromatic N) is 1. The third-order valence-corrected chi connectivity index (χ3v) is 2.58. The van der Waals surface area contributed by atoms with E-state index < -0.39 is 24.6 Å². The maximum atomic E-state index is 10.6. The fourth-order valence-corrected chi connectivity index (χ4v) is 1.58. The minimum absolute atomic E-state index is 0.0753. The molecule has 0 spiro atoms. The van der Waals surface area contributed by atoms with Gasteiger partial charge in [-0.3, -0.25) is 4.79 Å². The number of rotatable bonds is 7. The Bertz CT molecular complexity index is 254. The summed E-state index contributed by atoms with van der Waals surface area (Å²) in [5.74, 6) is -1.49. The lowest BCUT2D eigenvalue weighted by molar-refractivity contribution is -0.154. The monoisotopic (exact) mass is 242 g/mol. The van der Waals surface area contributed by atoms with Gasteiger partial charge in [0.25, 0.3) is 0 Å². The molecule has 0 fully saturated rings. The first kappa shape index (κ1) is 14.5. The first-order valence-corrected chi connectivity index (χ1v) is 5.84. The van der Waals surface area contributed by atoms with Crippen LogP contribution >= 0.6 is 7.75 Å². The lowest BCUT2D eigenvalue weighted by Gasteiger charge is -2.22. The Kier molecular flexibility index (Phi) is 5.96. The zero-order valence-electron chi connectivity index (χ0n) is 7.98. The number of carboxylic acids is 1. The molecule has 0 aromatic carbocycles. The molecule has 8 nitrogen and oxygen atoms in total. The molecule has 0 amide bonds. The molecular weight excluding hydrogens is 227 g/mol. The quantitative estimate of drug-likeness (QED) is 0.225. The number of carboxylic acid groups (broad SMARTS) is 1. The van der Waals surface area contributed by atoms with Crippen molar-refractivity contribution < 1.29 is 29.5 Å². The largest absolute Gasteiger partial charge is 0.480 e. The van der Waals surface area contributed by atoms with Crippen molar-refractivity contribution in [3.63, 3.8) is 0 Å². The van der Waals surface area contributed by atoms with Gasteiger partial charge in [0.1, 0.15) is 6.04 Å². The molecule has 0 saturated carbocycles. The van der Waals surface area contributed by atoms with Gasteiger partial charge >= 0.3 is 13.7 Å². The van der Waals surface area contributed by atoms with Gasteiger partial charge in [-0.2, -0.15) is 0 Å². The van der Waals surface area contributed by atoms with Crippen LogP contribution in [-0.2, 0) is 9.36 Å². The van der Waals surface area contributed by atoms with Gasteiger partial charge in [0, 0.05) is 0 Å². The SMILES string of the molecule is NCCCCC(C(=O)O)N(O)P(=O)(O)O. The van der Waals surface area contributed by atoms with E-state index in [-0.39, 0.29) is 6.42 Å². The van der Waals surface area contributed by atoms with E-state index >= 15 is 0 Å². The molecule has 0 saturated heterocycles. The van der Waals surface area contributed by atoms with Gasteiger partial charge in [-0.05, 0) is 25.8 Å². The van der Waals surface area contributed by atoms with Gasteiger partial charge in [-0.25, -0.2) is 4.57 Å². The van der Waals surface area contributed by atoms with Gasteiger partial charge in [0.2, 0.25) is 0 Å². The second-order valence-corrected chi connectivity index (χ2v) is 4.41. The summed E-state index contributed by atoms with van der Waals surface area (Å²) in [6.45, 7) is 0.355. The third-order valence-electron chi connectivity index (χ3n) is 1.76. The summed E-state index contributed by atoms with van der Waals surface area (Å²) in [4.78, 5) is 27.3. The van der Waals surface area contributed by atoms with E-state index in [4.69, 9.17) is 25.8 Å². The predicted molar refractivity (Wildman–Crippen MR) is 50.0 cm³/mol. The van der Waals surface area contributed by atoms with Crippen molar-refractivity contribution >= 4 is 13.7 Å². The van der Waals surface area contributed by atoms with E-state index in [2.05, 4.69) is 0 Å². The highest BCUT2D eigenvalue weighted by atomic mass is 31.2. The van der Waals surface area contributed by atoms with Gasteiger partial charge in [0.15, 0.2) is 0 Å². The number of nitrogens with two attached hydrogens (primary N) is 1. The maximum absolute atomic E-state index is 10.6. The summed E-state index contributed by atoms with van der Waals surface area (Å²) in [6, 6.07) is -1.61. The average molecular weight is 242 g/mol. The molecule has 90 valence electrons. The van der Waals surface area contributed by atoms with Crippen LogP contribution in [0, 0.1) is 0 Å². The normalized spacial score (nSPS) is 14.2. The predicted octanol–water partition coefficient (Wildman–Crippen LogP) is -0.648. The van der Waals surface area contributed by atoms with Gasteiger partial charge in [0.05, 0.1) is 0 Å². The molecule has 6 N–H and O–H groups in total. The van der Waals surface area contributed by atoms with Crippen LogP contribution < -0.4 is 5.73 Å². The van der Waals surface area contributed by atoms with Crippen molar-refractivity contribution in [3.8, 4) is 0 Å². The summed E-state index contributed by atoms with van der Waals surface area (Å²) in [7, 11) is -4.94. The molecule has 0 aromatic rings. The number of unbranched alkanes of at least 4 members (excludes halogenated alkanes) is 1. The summed E-state index contributed by atoms with van der Waals surface area (Å²) in [5, 5.41) is 17.6. The lowest BCUT2D eigenvalue weighted by atomic mass is 10.1. The van der Waals surface area contributed by atoms with E-state index in [0.29, 0.717) is 19.4 Å². The topological polar surface area (TPSA) is 144 Å². The Balaban J connectivity index is 4.40. The standard InChI is InChI=1S/C6H15N2O6P/c7-4-2-1-3-5(6(9)10)8(11)15(12,13)14/h5,11H,1-4,7H2,(H,9,10)(H2,12,13,14). The molecule has 0 bridgehead atoms. The average Bonchev–Trinajstić information content (AvgIpc) is 2.09. The summed E-state index contributed by atoms with van der Waals surface area (Å²) < 4.78 is 10.6. The maximum Gasteiger partial charge on any atom is 0.426 e. The first-order chi connectivity index (χ1) is 6.80. The first-order valence-electron chi connectivity index (χ1n) is 4.27. The van der Waals surface area contributed by atoms with Crippen LogP contribution in [0.1, 0.15) is 19.3 Å². The number of hydrogen-bond acceptors (Lipinski definition) is 4. The molecule has 9 heteroatoms. The van der Waals surface area contributed by atoms with Crippen LogP contribution in [0.15, 0.2) is 0 Å². The number of hydroxylamine groups is 1. The number of hydrogen-bond donors (Lipinski definition) is 5. The van der Waals surface area contributed by atoms with Gasteiger partial charge < -0.3 is 25.8 Å². The Morgan fingerprint density at radius 1 is 1.40 bits per heavy atom. The molecule has 0 aliphatic heterocycles. The Morgan fingerprint density at radius 3 is 2.27 bits per heavy atom. The van der Waals surface area contributed by atoms with Crippen LogP contribution in [0.2, 0.25) is 0 Å². The molecule has 15 heavy (non-hydrogen) atoms. The molecule has 1 atom stereocenters. The Hall–Kier alpha value is -0.500. The van der Waals surface area contributed by atoms with Gasteiger partial charge in [-0.1, -0.05) is 4.83 Å². The highest BCUT2D eigenvalue weighted by Gasteiger charge is 2.35. The van der Waals surface area contributed by atoms with E-state index in [1.807, 2.05) is 0 Å². The van der Waals surface area contributed by atoms with Crippen molar-refractivity contribution in [2.45, 2.75) is 25.3 Å². The highest BCUT2D eigenvalue weighted by Crippen LogP contribution is 2.40. The fourth-order valence-electron chi connectivity index (χ4n) is 1.00. The highest BCUT2D eigenvalue weighted by molar-refractivity contribution is 7.48. The molecule has 0 rings (SSSR count). The lowest BCUT2D eigenvalue weighted by Crippen LogP contribution is -2.36. The molecule has 0 aromatic heterocycles. The van der Waals surface area contributed by atoms with Crippen molar-refractivity contribution in [1.82, 2.24) is 4.83 Å². The van der Waals surface area contributed by atoms with E-state index in [9.17, 15) is 9.36 Å². The molecular formula is C6H15N2O6P.